The molecule has 0 spiro atoms. The summed E-state index contributed by atoms with van der Waals surface area (Å²) >= 11 is 1.88. The summed E-state index contributed by atoms with van der Waals surface area (Å²) in [5.41, 5.74) is 2.10. The fourth-order valence-corrected chi connectivity index (χ4v) is 3.28. The molecule has 0 bridgehead atoms. The van der Waals surface area contributed by atoms with Gasteiger partial charge in [-0.1, -0.05) is 18.2 Å². The Balaban J connectivity index is 1.94. The van der Waals surface area contributed by atoms with Crippen molar-refractivity contribution in [2.45, 2.75) is 32.1 Å². The lowest BCUT2D eigenvalue weighted by atomic mass is 9.91. The van der Waals surface area contributed by atoms with Crippen molar-refractivity contribution in [1.82, 2.24) is 10.6 Å². The van der Waals surface area contributed by atoms with E-state index in [2.05, 4.69) is 35.2 Å². The van der Waals surface area contributed by atoms with Crippen LogP contribution in [0.4, 0.5) is 5.69 Å². The van der Waals surface area contributed by atoms with Gasteiger partial charge in [-0.15, -0.1) is 0 Å². The molecule has 0 aliphatic carbocycles. The standard InChI is InChI=1S/C18H28N4OS/c1-3-19-18(20-10-6-7-11-24-2)21-13-14-12-17(23)22-16-9-5-4-8-15(14)16/h4-5,8-9,14H,3,6-7,10-13H2,1-2H3,(H,22,23)(H2,19,20,21). The van der Waals surface area contributed by atoms with E-state index in [0.717, 1.165) is 31.2 Å². The molecule has 1 unspecified atom stereocenters. The van der Waals surface area contributed by atoms with E-state index < -0.39 is 0 Å². The maximum atomic E-state index is 11.9. The third-order valence-corrected chi connectivity index (χ3v) is 4.69. The van der Waals surface area contributed by atoms with E-state index in [9.17, 15) is 4.79 Å². The topological polar surface area (TPSA) is 65.5 Å². The number of nitrogens with zero attached hydrogens (tertiary/aromatic N) is 1. The number of hydrogen-bond donors (Lipinski definition) is 3. The lowest BCUT2D eigenvalue weighted by molar-refractivity contribution is -0.116. The predicted molar refractivity (Wildman–Crippen MR) is 104 cm³/mol. The molecule has 132 valence electrons. The van der Waals surface area contributed by atoms with Gasteiger partial charge in [0.2, 0.25) is 5.91 Å². The molecule has 1 aromatic carbocycles. The van der Waals surface area contributed by atoms with Crippen molar-refractivity contribution in [3.63, 3.8) is 0 Å². The Kier molecular flexibility index (Phi) is 7.95. The summed E-state index contributed by atoms with van der Waals surface area (Å²) in [6.07, 6.45) is 4.98. The largest absolute Gasteiger partial charge is 0.357 e. The highest BCUT2D eigenvalue weighted by atomic mass is 32.2. The second-order valence-electron chi connectivity index (χ2n) is 5.88. The number of benzene rings is 1. The van der Waals surface area contributed by atoms with Crippen molar-refractivity contribution in [2.24, 2.45) is 4.99 Å². The molecular weight excluding hydrogens is 320 g/mol. The smallest absolute Gasteiger partial charge is 0.225 e. The third-order valence-electron chi connectivity index (χ3n) is 3.99. The number of hydrogen-bond acceptors (Lipinski definition) is 3. The summed E-state index contributed by atoms with van der Waals surface area (Å²) in [7, 11) is 0. The average Bonchev–Trinajstić information content (AvgIpc) is 2.59. The second kappa shape index (κ2) is 10.2. The summed E-state index contributed by atoms with van der Waals surface area (Å²) in [4.78, 5) is 16.6. The molecule has 2 rings (SSSR count). The number of nitrogens with one attached hydrogen (secondary N) is 3. The molecule has 6 heteroatoms. The summed E-state index contributed by atoms with van der Waals surface area (Å²) in [6, 6.07) is 8.00. The molecule has 0 aromatic heterocycles. The summed E-state index contributed by atoms with van der Waals surface area (Å²) < 4.78 is 0. The molecular formula is C18H28N4OS. The molecule has 1 aromatic rings. The van der Waals surface area contributed by atoms with Crippen LogP contribution in [-0.2, 0) is 4.79 Å². The van der Waals surface area contributed by atoms with Crippen LogP contribution in [0.15, 0.2) is 29.3 Å². The van der Waals surface area contributed by atoms with Crippen LogP contribution in [0.5, 0.6) is 0 Å². The van der Waals surface area contributed by atoms with Crippen LogP contribution < -0.4 is 16.0 Å². The highest BCUT2D eigenvalue weighted by molar-refractivity contribution is 7.98. The van der Waals surface area contributed by atoms with Gasteiger partial charge in [0.25, 0.3) is 0 Å². The van der Waals surface area contributed by atoms with E-state index in [-0.39, 0.29) is 11.8 Å². The van der Waals surface area contributed by atoms with Crippen molar-refractivity contribution >= 4 is 29.3 Å². The average molecular weight is 349 g/mol. The minimum Gasteiger partial charge on any atom is -0.357 e. The number of rotatable bonds is 8. The Morgan fingerprint density at radius 2 is 2.17 bits per heavy atom. The Hall–Kier alpha value is -1.69. The molecule has 1 aliphatic rings. The number of guanidine groups is 1. The minimum atomic E-state index is 0.0731. The van der Waals surface area contributed by atoms with Gasteiger partial charge in [-0.05, 0) is 43.4 Å². The van der Waals surface area contributed by atoms with Gasteiger partial charge in [0.05, 0.1) is 6.54 Å². The number of fused-ring (bicyclic) bond motifs is 1. The number of thioether (sulfide) groups is 1. The van der Waals surface area contributed by atoms with E-state index in [4.69, 9.17) is 4.99 Å². The normalized spacial score (nSPS) is 17.2. The van der Waals surface area contributed by atoms with Crippen LogP contribution in [0.25, 0.3) is 0 Å². The molecule has 1 amide bonds. The molecule has 0 saturated heterocycles. The summed E-state index contributed by atoms with van der Waals surface area (Å²) in [5.74, 6) is 2.25. The molecule has 3 N–H and O–H groups in total. The van der Waals surface area contributed by atoms with Crippen molar-refractivity contribution in [1.29, 1.82) is 0 Å². The monoisotopic (exact) mass is 348 g/mol. The molecule has 0 fully saturated rings. The zero-order valence-electron chi connectivity index (χ0n) is 14.6. The van der Waals surface area contributed by atoms with Gasteiger partial charge in [-0.3, -0.25) is 9.79 Å². The Labute approximate surface area is 149 Å². The first-order valence-corrected chi connectivity index (χ1v) is 10.0. The van der Waals surface area contributed by atoms with Crippen LogP contribution in [0.3, 0.4) is 0 Å². The fourth-order valence-electron chi connectivity index (χ4n) is 2.79. The summed E-state index contributed by atoms with van der Waals surface area (Å²) in [6.45, 7) is 4.44. The number of unbranched alkanes of at least 4 members (excludes halogenated alkanes) is 1. The number of carbonyl (C=O) groups excluding carboxylic acids is 1. The predicted octanol–water partition coefficient (Wildman–Crippen LogP) is 2.81. The maximum absolute atomic E-state index is 11.9. The van der Waals surface area contributed by atoms with Crippen LogP contribution in [0, 0.1) is 0 Å². The molecule has 0 radical (unpaired) electrons. The number of carbonyl (C=O) groups is 1. The number of amides is 1. The molecule has 5 nitrogen and oxygen atoms in total. The second-order valence-corrected chi connectivity index (χ2v) is 6.87. The maximum Gasteiger partial charge on any atom is 0.225 e. The van der Waals surface area contributed by atoms with Gasteiger partial charge in [0.1, 0.15) is 0 Å². The van der Waals surface area contributed by atoms with Crippen LogP contribution in [0.1, 0.15) is 37.7 Å². The van der Waals surface area contributed by atoms with Crippen molar-refractivity contribution < 1.29 is 4.79 Å². The van der Waals surface area contributed by atoms with Crippen LogP contribution in [0.2, 0.25) is 0 Å². The van der Waals surface area contributed by atoms with Crippen molar-refractivity contribution in [2.75, 3.05) is 37.0 Å². The molecule has 1 heterocycles. The lowest BCUT2D eigenvalue weighted by Crippen LogP contribution is -2.38. The fraction of sp³-hybridized carbons (Fsp3) is 0.556. The molecule has 0 saturated carbocycles. The minimum absolute atomic E-state index is 0.0731. The zero-order chi connectivity index (χ0) is 17.2. The van der Waals surface area contributed by atoms with Crippen molar-refractivity contribution in [3.05, 3.63) is 29.8 Å². The lowest BCUT2D eigenvalue weighted by Gasteiger charge is -2.24. The summed E-state index contributed by atoms with van der Waals surface area (Å²) in [5, 5.41) is 9.60. The Morgan fingerprint density at radius 3 is 2.96 bits per heavy atom. The van der Waals surface area contributed by atoms with E-state index in [1.54, 1.807) is 0 Å². The first-order chi connectivity index (χ1) is 11.7. The molecule has 1 atom stereocenters. The number of para-hydroxylation sites is 1. The number of aliphatic imine (C=N–C) groups is 1. The van der Waals surface area contributed by atoms with Gasteiger partial charge in [0.15, 0.2) is 5.96 Å². The first-order valence-electron chi connectivity index (χ1n) is 8.64. The quantitative estimate of drug-likeness (QED) is 0.384. The van der Waals surface area contributed by atoms with Crippen molar-refractivity contribution in [3.8, 4) is 0 Å². The van der Waals surface area contributed by atoms with E-state index in [0.29, 0.717) is 13.0 Å². The van der Waals surface area contributed by atoms with Gasteiger partial charge in [-0.25, -0.2) is 0 Å². The highest BCUT2D eigenvalue weighted by Gasteiger charge is 2.24. The Bertz CT molecular complexity index is 562. The first kappa shape index (κ1) is 18.6. The van der Waals surface area contributed by atoms with Crippen LogP contribution >= 0.6 is 11.8 Å². The van der Waals surface area contributed by atoms with E-state index in [1.807, 2.05) is 30.0 Å². The van der Waals surface area contributed by atoms with E-state index >= 15 is 0 Å². The Morgan fingerprint density at radius 1 is 1.33 bits per heavy atom. The van der Waals surface area contributed by atoms with Gasteiger partial charge in [-0.2, -0.15) is 11.8 Å². The van der Waals surface area contributed by atoms with E-state index in [1.165, 1.54) is 17.7 Å². The SMILES string of the molecule is CCNC(=NCC1CC(=O)Nc2ccccc21)NCCCCSC. The van der Waals surface area contributed by atoms with Gasteiger partial charge >= 0.3 is 0 Å². The zero-order valence-corrected chi connectivity index (χ0v) is 15.4. The molecule has 1 aliphatic heterocycles. The van der Waals surface area contributed by atoms with Gasteiger partial charge < -0.3 is 16.0 Å². The van der Waals surface area contributed by atoms with Gasteiger partial charge in [0, 0.05) is 31.1 Å². The highest BCUT2D eigenvalue weighted by Crippen LogP contribution is 2.31. The number of anilines is 1. The molecule has 24 heavy (non-hydrogen) atoms. The van der Waals surface area contributed by atoms with Crippen LogP contribution in [-0.4, -0.2) is 43.5 Å². The third kappa shape index (κ3) is 5.74.